The number of piperidine rings is 1. The molecular weight excluding hydrogens is 349 g/mol. The number of carboxylic acid groups (broad SMARTS) is 1. The zero-order valence-electron chi connectivity index (χ0n) is 15.6. The Morgan fingerprint density at radius 3 is 2.63 bits per heavy atom. The second kappa shape index (κ2) is 8.00. The molecule has 1 aliphatic heterocycles. The minimum atomic E-state index is -0.829. The predicted molar refractivity (Wildman–Crippen MR) is 100 cm³/mol. The predicted octanol–water partition coefficient (Wildman–Crippen LogP) is 2.69. The summed E-state index contributed by atoms with van der Waals surface area (Å²) in [7, 11) is 0. The molecule has 0 aliphatic carbocycles. The maximum absolute atomic E-state index is 13.4. The van der Waals surface area contributed by atoms with Crippen LogP contribution in [0.3, 0.4) is 0 Å². The number of pyridine rings is 1. The lowest BCUT2D eigenvalue weighted by molar-refractivity contribution is -0.139. The summed E-state index contributed by atoms with van der Waals surface area (Å²) in [4.78, 5) is 32.1. The van der Waals surface area contributed by atoms with Gasteiger partial charge >= 0.3 is 5.97 Å². The van der Waals surface area contributed by atoms with Crippen LogP contribution in [0.1, 0.15) is 35.8 Å². The molecule has 1 aromatic carbocycles. The number of likely N-dealkylation sites (N-methyl/N-ethyl adjacent to an activating group) is 1. The van der Waals surface area contributed by atoms with Crippen LogP contribution in [0.4, 0.5) is 4.39 Å². The molecule has 2 aromatic rings. The molecule has 1 aliphatic rings. The zero-order chi connectivity index (χ0) is 19.6. The van der Waals surface area contributed by atoms with E-state index in [1.807, 2.05) is 11.8 Å². The van der Waals surface area contributed by atoms with Gasteiger partial charge in [0.05, 0.1) is 23.3 Å². The highest BCUT2D eigenvalue weighted by atomic mass is 19.1. The third-order valence-electron chi connectivity index (χ3n) is 5.21. The van der Waals surface area contributed by atoms with E-state index in [1.165, 1.54) is 12.1 Å². The summed E-state index contributed by atoms with van der Waals surface area (Å²) in [5.74, 6) is -1.26. The van der Waals surface area contributed by atoms with Crippen LogP contribution in [-0.2, 0) is 4.79 Å². The lowest BCUT2D eigenvalue weighted by Gasteiger charge is -2.37. The fraction of sp³-hybridized carbons (Fsp3) is 0.450. The van der Waals surface area contributed by atoms with Crippen LogP contribution in [0.15, 0.2) is 24.3 Å². The molecule has 27 heavy (non-hydrogen) atoms. The normalized spacial score (nSPS) is 15.5. The Bertz CT molecular complexity index is 863. The van der Waals surface area contributed by atoms with Crippen molar-refractivity contribution in [2.45, 2.75) is 32.7 Å². The lowest BCUT2D eigenvalue weighted by Crippen LogP contribution is -2.48. The molecule has 0 atom stereocenters. The first kappa shape index (κ1) is 19.2. The zero-order valence-corrected chi connectivity index (χ0v) is 15.6. The van der Waals surface area contributed by atoms with Crippen molar-refractivity contribution in [3.8, 4) is 0 Å². The Kier molecular flexibility index (Phi) is 5.70. The second-order valence-corrected chi connectivity index (χ2v) is 6.94. The first-order valence-corrected chi connectivity index (χ1v) is 9.21. The van der Waals surface area contributed by atoms with E-state index >= 15 is 0 Å². The number of halogens is 1. The number of carbonyl (C=O) groups is 2. The van der Waals surface area contributed by atoms with Crippen molar-refractivity contribution in [2.24, 2.45) is 0 Å². The van der Waals surface area contributed by atoms with Gasteiger partial charge in [0, 0.05) is 30.6 Å². The second-order valence-electron chi connectivity index (χ2n) is 6.94. The minimum Gasteiger partial charge on any atom is -0.480 e. The molecule has 3 rings (SSSR count). The molecule has 2 heterocycles. The van der Waals surface area contributed by atoms with Crippen molar-refractivity contribution in [2.75, 3.05) is 26.2 Å². The van der Waals surface area contributed by atoms with Crippen molar-refractivity contribution in [1.82, 2.24) is 14.8 Å². The number of nitrogens with zero attached hydrogens (tertiary/aromatic N) is 3. The number of aliphatic carboxylic acids is 1. The largest absolute Gasteiger partial charge is 0.480 e. The summed E-state index contributed by atoms with van der Waals surface area (Å²) < 4.78 is 13.4. The van der Waals surface area contributed by atoms with Gasteiger partial charge in [-0.2, -0.15) is 0 Å². The van der Waals surface area contributed by atoms with E-state index in [0.717, 1.165) is 18.2 Å². The van der Waals surface area contributed by atoms with Crippen LogP contribution in [0.2, 0.25) is 0 Å². The third kappa shape index (κ3) is 4.24. The summed E-state index contributed by atoms with van der Waals surface area (Å²) in [6, 6.07) is 6.30. The summed E-state index contributed by atoms with van der Waals surface area (Å²) in [6.45, 7) is 5.58. The van der Waals surface area contributed by atoms with Gasteiger partial charge in [0.1, 0.15) is 5.82 Å². The van der Waals surface area contributed by atoms with Crippen molar-refractivity contribution < 1.29 is 19.1 Å². The van der Waals surface area contributed by atoms with Gasteiger partial charge in [-0.25, -0.2) is 4.39 Å². The fourth-order valence-corrected chi connectivity index (χ4v) is 3.73. The monoisotopic (exact) mass is 373 g/mol. The van der Waals surface area contributed by atoms with Crippen LogP contribution in [0.5, 0.6) is 0 Å². The van der Waals surface area contributed by atoms with E-state index in [2.05, 4.69) is 4.98 Å². The van der Waals surface area contributed by atoms with Crippen LogP contribution < -0.4 is 0 Å². The first-order valence-electron chi connectivity index (χ1n) is 9.21. The van der Waals surface area contributed by atoms with E-state index in [-0.39, 0.29) is 24.3 Å². The number of carbonyl (C=O) groups excluding carboxylic acids is 1. The maximum Gasteiger partial charge on any atom is 0.317 e. The third-order valence-corrected chi connectivity index (χ3v) is 5.21. The van der Waals surface area contributed by atoms with Crippen molar-refractivity contribution in [3.05, 3.63) is 41.3 Å². The summed E-state index contributed by atoms with van der Waals surface area (Å²) in [5, 5.41) is 9.77. The standard InChI is InChI=1S/C20H24FN3O3/c1-3-23(12-19(25)26)16-6-8-24(9-7-16)20(27)17-10-14-4-5-15(21)11-18(14)22-13(17)2/h4-5,10-11,16H,3,6-9,12H2,1-2H3,(H,25,26). The van der Waals surface area contributed by atoms with Crippen LogP contribution in [0, 0.1) is 12.7 Å². The fourth-order valence-electron chi connectivity index (χ4n) is 3.73. The Morgan fingerprint density at radius 1 is 1.30 bits per heavy atom. The molecule has 0 bridgehead atoms. The Balaban J connectivity index is 1.72. The number of benzene rings is 1. The van der Waals surface area contributed by atoms with Gasteiger partial charge in [-0.3, -0.25) is 19.5 Å². The molecule has 1 saturated heterocycles. The van der Waals surface area contributed by atoms with Crippen molar-refractivity contribution >= 4 is 22.8 Å². The smallest absolute Gasteiger partial charge is 0.317 e. The Morgan fingerprint density at radius 2 is 2.00 bits per heavy atom. The van der Waals surface area contributed by atoms with E-state index in [4.69, 9.17) is 5.11 Å². The highest BCUT2D eigenvalue weighted by molar-refractivity contribution is 5.98. The molecule has 1 N–H and O–H groups in total. The highest BCUT2D eigenvalue weighted by Gasteiger charge is 2.28. The topological polar surface area (TPSA) is 73.7 Å². The number of amides is 1. The van der Waals surface area contributed by atoms with Crippen LogP contribution in [-0.4, -0.2) is 64.0 Å². The molecule has 1 aromatic heterocycles. The molecule has 7 heteroatoms. The SMILES string of the molecule is CCN(CC(=O)O)C1CCN(C(=O)c2cc3ccc(F)cc3nc2C)CC1. The van der Waals surface area contributed by atoms with Gasteiger partial charge in [-0.1, -0.05) is 6.92 Å². The van der Waals surface area contributed by atoms with Gasteiger partial charge in [0.2, 0.25) is 0 Å². The van der Waals surface area contributed by atoms with Crippen LogP contribution in [0.25, 0.3) is 10.9 Å². The van der Waals surface area contributed by atoms with E-state index in [0.29, 0.717) is 36.4 Å². The molecule has 0 spiro atoms. The number of likely N-dealkylation sites (tertiary alicyclic amines) is 1. The molecular formula is C20H24FN3O3. The number of hydrogen-bond acceptors (Lipinski definition) is 4. The summed E-state index contributed by atoms with van der Waals surface area (Å²) in [6.07, 6.45) is 1.50. The average molecular weight is 373 g/mol. The van der Waals surface area contributed by atoms with E-state index in [1.54, 1.807) is 24.0 Å². The minimum absolute atomic E-state index is 0.0272. The maximum atomic E-state index is 13.4. The summed E-state index contributed by atoms with van der Waals surface area (Å²) in [5.41, 5.74) is 1.65. The molecule has 144 valence electrons. The number of fused-ring (bicyclic) bond motifs is 1. The number of aromatic nitrogens is 1. The lowest BCUT2D eigenvalue weighted by atomic mass is 10.0. The molecule has 0 radical (unpaired) electrons. The van der Waals surface area contributed by atoms with Gasteiger partial charge < -0.3 is 10.0 Å². The Hall–Kier alpha value is -2.54. The molecule has 1 fully saturated rings. The van der Waals surface area contributed by atoms with Crippen LogP contribution >= 0.6 is 0 Å². The Labute approximate surface area is 157 Å². The highest BCUT2D eigenvalue weighted by Crippen LogP contribution is 2.22. The average Bonchev–Trinajstić information content (AvgIpc) is 2.65. The van der Waals surface area contributed by atoms with Crippen molar-refractivity contribution in [1.29, 1.82) is 0 Å². The van der Waals surface area contributed by atoms with E-state index in [9.17, 15) is 14.0 Å². The van der Waals surface area contributed by atoms with Crippen molar-refractivity contribution in [3.63, 3.8) is 0 Å². The van der Waals surface area contributed by atoms with Gasteiger partial charge in [0.25, 0.3) is 5.91 Å². The van der Waals surface area contributed by atoms with Gasteiger partial charge in [0.15, 0.2) is 0 Å². The number of carboxylic acids is 1. The number of hydrogen-bond donors (Lipinski definition) is 1. The van der Waals surface area contributed by atoms with Gasteiger partial charge in [-0.15, -0.1) is 0 Å². The molecule has 6 nitrogen and oxygen atoms in total. The molecule has 1 amide bonds. The number of rotatable bonds is 5. The number of aryl methyl sites for hydroxylation is 1. The first-order chi connectivity index (χ1) is 12.9. The molecule has 0 unspecified atom stereocenters. The van der Waals surface area contributed by atoms with Gasteiger partial charge in [-0.05, 0) is 44.5 Å². The molecule has 0 saturated carbocycles. The quantitative estimate of drug-likeness (QED) is 0.872. The van der Waals surface area contributed by atoms with E-state index < -0.39 is 5.97 Å². The summed E-state index contributed by atoms with van der Waals surface area (Å²) >= 11 is 0.